The Labute approximate surface area is 68.2 Å². The predicted octanol–water partition coefficient (Wildman–Crippen LogP) is 1.86. The van der Waals surface area contributed by atoms with E-state index in [1.54, 1.807) is 26.0 Å². The van der Waals surface area contributed by atoms with E-state index in [1.807, 2.05) is 6.92 Å². The largest absolute Gasteiger partial charge is 0.495 e. The van der Waals surface area contributed by atoms with E-state index in [-0.39, 0.29) is 0 Å². The van der Waals surface area contributed by atoms with Gasteiger partial charge >= 0.3 is 0 Å². The molecular weight excluding hydrogens is 140 g/mol. The highest BCUT2D eigenvalue weighted by atomic mass is 16.5. The van der Waals surface area contributed by atoms with Crippen LogP contribution in [0.2, 0.25) is 0 Å². The smallest absolute Gasteiger partial charge is 0.127 e. The van der Waals surface area contributed by atoms with Gasteiger partial charge in [0, 0.05) is 0 Å². The summed E-state index contributed by atoms with van der Waals surface area (Å²) in [6.45, 7) is 9.32. The number of hydrogen-bond acceptors (Lipinski definition) is 2. The van der Waals surface area contributed by atoms with Crippen LogP contribution in [0, 0.1) is 0 Å². The first-order valence-corrected chi connectivity index (χ1v) is 3.70. The third-order valence-electron chi connectivity index (χ3n) is 1.17. The molecule has 0 saturated heterocycles. The molecule has 0 aliphatic carbocycles. The molecule has 0 atom stereocenters. The fraction of sp³-hybridized carbons (Fsp3) is 0.556. The van der Waals surface area contributed by atoms with Gasteiger partial charge in [0.25, 0.3) is 0 Å². The molecule has 0 bridgehead atoms. The van der Waals surface area contributed by atoms with Crippen LogP contribution in [0.4, 0.5) is 0 Å². The fourth-order valence-electron chi connectivity index (χ4n) is 0.691. The number of hydrogen-bond donors (Lipinski definition) is 1. The van der Waals surface area contributed by atoms with Crippen molar-refractivity contribution in [2.24, 2.45) is 0 Å². The van der Waals surface area contributed by atoms with Crippen molar-refractivity contribution in [2.75, 3.05) is 6.61 Å². The van der Waals surface area contributed by atoms with Crippen molar-refractivity contribution in [3.05, 3.63) is 24.5 Å². The van der Waals surface area contributed by atoms with E-state index in [4.69, 9.17) is 4.74 Å². The Morgan fingerprint density at radius 3 is 2.45 bits per heavy atom. The van der Waals surface area contributed by atoms with Gasteiger partial charge in [-0.05, 0) is 26.8 Å². The maximum atomic E-state index is 9.50. The molecule has 2 heteroatoms. The minimum Gasteiger partial charge on any atom is -0.495 e. The Bertz CT molecular complexity index is 151. The number of ether oxygens (including phenoxy) is 1. The first kappa shape index (κ1) is 10.2. The third-order valence-corrected chi connectivity index (χ3v) is 1.17. The zero-order valence-electron chi connectivity index (χ0n) is 7.42. The summed E-state index contributed by atoms with van der Waals surface area (Å²) < 4.78 is 5.19. The molecule has 2 nitrogen and oxygen atoms in total. The monoisotopic (exact) mass is 156 g/mol. The molecule has 0 aromatic carbocycles. The average Bonchev–Trinajstić information content (AvgIpc) is 1.85. The molecule has 0 aliphatic heterocycles. The Hall–Kier alpha value is -0.760. The van der Waals surface area contributed by atoms with Gasteiger partial charge in [-0.2, -0.15) is 0 Å². The van der Waals surface area contributed by atoms with Gasteiger partial charge in [0.05, 0.1) is 6.61 Å². The van der Waals surface area contributed by atoms with Crippen LogP contribution < -0.4 is 0 Å². The first-order valence-electron chi connectivity index (χ1n) is 3.70. The minimum atomic E-state index is -0.913. The van der Waals surface area contributed by atoms with Crippen molar-refractivity contribution in [1.82, 2.24) is 0 Å². The van der Waals surface area contributed by atoms with Gasteiger partial charge in [0.15, 0.2) is 0 Å². The Morgan fingerprint density at radius 2 is 2.18 bits per heavy atom. The van der Waals surface area contributed by atoms with Crippen molar-refractivity contribution in [1.29, 1.82) is 0 Å². The lowest BCUT2D eigenvalue weighted by Gasteiger charge is -2.20. The molecule has 0 unspecified atom stereocenters. The van der Waals surface area contributed by atoms with Crippen molar-refractivity contribution in [3.8, 4) is 0 Å². The van der Waals surface area contributed by atoms with E-state index >= 15 is 0 Å². The van der Waals surface area contributed by atoms with Crippen molar-refractivity contribution in [2.45, 2.75) is 26.4 Å². The lowest BCUT2D eigenvalue weighted by atomic mass is 10.1. The topological polar surface area (TPSA) is 29.5 Å². The van der Waals surface area contributed by atoms with Crippen LogP contribution in [0.25, 0.3) is 0 Å². The lowest BCUT2D eigenvalue weighted by Crippen LogP contribution is -2.23. The Balaban J connectivity index is 4.34. The van der Waals surface area contributed by atoms with Gasteiger partial charge in [0.1, 0.15) is 11.4 Å². The van der Waals surface area contributed by atoms with Gasteiger partial charge in [-0.1, -0.05) is 12.7 Å². The van der Waals surface area contributed by atoms with Crippen LogP contribution in [-0.2, 0) is 4.74 Å². The molecule has 0 saturated carbocycles. The number of aliphatic hydroxyl groups is 1. The summed E-state index contributed by atoms with van der Waals surface area (Å²) in [5, 5.41) is 9.50. The van der Waals surface area contributed by atoms with Gasteiger partial charge in [-0.3, -0.25) is 0 Å². The highest BCUT2D eigenvalue weighted by molar-refractivity contribution is 5.12. The zero-order chi connectivity index (χ0) is 8.91. The first-order chi connectivity index (χ1) is 5.02. The molecule has 64 valence electrons. The van der Waals surface area contributed by atoms with Crippen LogP contribution in [0.3, 0.4) is 0 Å². The summed E-state index contributed by atoms with van der Waals surface area (Å²) in [6, 6.07) is 0. The van der Waals surface area contributed by atoms with Crippen LogP contribution >= 0.6 is 0 Å². The average molecular weight is 156 g/mol. The van der Waals surface area contributed by atoms with Gasteiger partial charge in [-0.25, -0.2) is 0 Å². The second kappa shape index (κ2) is 4.19. The van der Waals surface area contributed by atoms with Crippen LogP contribution in [0.15, 0.2) is 24.5 Å². The van der Waals surface area contributed by atoms with Crippen LogP contribution in [0.5, 0.6) is 0 Å². The van der Waals surface area contributed by atoms with E-state index in [9.17, 15) is 5.11 Å². The molecule has 0 aromatic rings. The maximum Gasteiger partial charge on any atom is 0.127 e. The predicted molar refractivity (Wildman–Crippen MR) is 46.2 cm³/mol. The Kier molecular flexibility index (Phi) is 3.90. The molecule has 0 radical (unpaired) electrons. The summed E-state index contributed by atoms with van der Waals surface area (Å²) in [6.07, 6.45) is 3.27. The standard InChI is InChI=1S/C9H16O2/c1-5-7-8(11-6-2)9(3,4)10/h5,7,10H,1,6H2,2-4H3/b8-7-. The van der Waals surface area contributed by atoms with Gasteiger partial charge < -0.3 is 9.84 Å². The molecular formula is C9H16O2. The summed E-state index contributed by atoms with van der Waals surface area (Å²) in [7, 11) is 0. The Morgan fingerprint density at radius 1 is 1.64 bits per heavy atom. The van der Waals surface area contributed by atoms with E-state index in [0.29, 0.717) is 12.4 Å². The SMILES string of the molecule is C=C/C=C(\OCC)C(C)(C)O. The second-order valence-electron chi connectivity index (χ2n) is 2.76. The number of allylic oxidation sites excluding steroid dienone is 2. The summed E-state index contributed by atoms with van der Waals surface area (Å²) in [4.78, 5) is 0. The molecule has 0 aliphatic rings. The summed E-state index contributed by atoms with van der Waals surface area (Å²) in [5.41, 5.74) is -0.913. The molecule has 0 fully saturated rings. The maximum absolute atomic E-state index is 9.50. The van der Waals surface area contributed by atoms with Crippen LogP contribution in [-0.4, -0.2) is 17.3 Å². The minimum absolute atomic E-state index is 0.551. The molecule has 0 aromatic heterocycles. The summed E-state index contributed by atoms with van der Waals surface area (Å²) in [5.74, 6) is 0.551. The summed E-state index contributed by atoms with van der Waals surface area (Å²) >= 11 is 0. The fourth-order valence-corrected chi connectivity index (χ4v) is 0.691. The van der Waals surface area contributed by atoms with Crippen molar-refractivity contribution < 1.29 is 9.84 Å². The van der Waals surface area contributed by atoms with Crippen molar-refractivity contribution >= 4 is 0 Å². The van der Waals surface area contributed by atoms with Crippen molar-refractivity contribution in [3.63, 3.8) is 0 Å². The zero-order valence-corrected chi connectivity index (χ0v) is 7.42. The molecule has 0 amide bonds. The quantitative estimate of drug-likeness (QED) is 0.497. The van der Waals surface area contributed by atoms with E-state index in [1.165, 1.54) is 0 Å². The van der Waals surface area contributed by atoms with E-state index in [0.717, 1.165) is 0 Å². The normalized spacial score (nSPS) is 12.9. The highest BCUT2D eigenvalue weighted by Crippen LogP contribution is 2.16. The molecule has 1 N–H and O–H groups in total. The van der Waals surface area contributed by atoms with E-state index in [2.05, 4.69) is 6.58 Å². The molecule has 11 heavy (non-hydrogen) atoms. The van der Waals surface area contributed by atoms with Gasteiger partial charge in [-0.15, -0.1) is 0 Å². The van der Waals surface area contributed by atoms with Gasteiger partial charge in [0.2, 0.25) is 0 Å². The van der Waals surface area contributed by atoms with Crippen LogP contribution in [0.1, 0.15) is 20.8 Å². The molecule has 0 spiro atoms. The lowest BCUT2D eigenvalue weighted by molar-refractivity contribution is 0.0426. The second-order valence-corrected chi connectivity index (χ2v) is 2.76. The van der Waals surface area contributed by atoms with E-state index < -0.39 is 5.60 Å². The third kappa shape index (κ3) is 3.83. The molecule has 0 heterocycles. The molecule has 0 rings (SSSR count). The number of rotatable bonds is 4. The highest BCUT2D eigenvalue weighted by Gasteiger charge is 2.19.